The first-order valence-electron chi connectivity index (χ1n) is 14.1. The van der Waals surface area contributed by atoms with Gasteiger partial charge in [-0.05, 0) is 36.4 Å². The molecule has 206 valence electrons. The Morgan fingerprint density at radius 2 is 0.773 bits per heavy atom. The maximum Gasteiger partial charge on any atom is 0.124 e. The summed E-state index contributed by atoms with van der Waals surface area (Å²) in [6.45, 7) is 0. The van der Waals surface area contributed by atoms with Crippen molar-refractivity contribution in [2.24, 2.45) is 0 Å². The minimum atomic E-state index is 1.02. The molecule has 0 aliphatic rings. The summed E-state index contributed by atoms with van der Waals surface area (Å²) in [5.74, 6) is 0. The third kappa shape index (κ3) is 3.44. The Balaban J connectivity index is 0.978. The zero-order valence-electron chi connectivity index (χ0n) is 22.6. The normalized spacial score (nSPS) is 12.5. The lowest BCUT2D eigenvalue weighted by molar-refractivity contribution is 1.46. The minimum Gasteiger partial charge on any atom is -0.236 e. The van der Waals surface area contributed by atoms with E-state index in [0.717, 1.165) is 21.0 Å². The van der Waals surface area contributed by atoms with Crippen LogP contribution in [-0.4, -0.2) is 9.97 Å². The van der Waals surface area contributed by atoms with Crippen molar-refractivity contribution in [1.82, 2.24) is 9.97 Å². The summed E-state index contributed by atoms with van der Waals surface area (Å²) in [5, 5.41) is 7.57. The van der Waals surface area contributed by atoms with Crippen LogP contribution in [0.1, 0.15) is 0 Å². The van der Waals surface area contributed by atoms with Crippen LogP contribution in [0.3, 0.4) is 0 Å². The van der Waals surface area contributed by atoms with Gasteiger partial charge < -0.3 is 0 Å². The highest BCUT2D eigenvalue weighted by Crippen LogP contribution is 2.47. The van der Waals surface area contributed by atoms with Crippen LogP contribution in [0.15, 0.2) is 97.1 Å². The first-order valence-corrected chi connectivity index (χ1v) is 19.0. The summed E-state index contributed by atoms with van der Waals surface area (Å²) in [7, 11) is 0. The number of rotatable bonds is 2. The van der Waals surface area contributed by atoms with E-state index in [1.54, 1.807) is 22.7 Å². The Hall–Kier alpha value is -3.76. The van der Waals surface area contributed by atoms with Crippen molar-refractivity contribution in [3.8, 4) is 21.1 Å². The molecule has 0 aliphatic heterocycles. The molecule has 2 nitrogen and oxygen atoms in total. The Morgan fingerprint density at radius 1 is 0.341 bits per heavy atom. The van der Waals surface area contributed by atoms with E-state index in [4.69, 9.17) is 9.97 Å². The molecule has 0 N–H and O–H groups in total. The molecule has 44 heavy (non-hydrogen) atoms. The summed E-state index contributed by atoms with van der Waals surface area (Å²) in [6.07, 6.45) is 0. The van der Waals surface area contributed by atoms with Crippen LogP contribution >= 0.6 is 68.0 Å². The summed E-state index contributed by atoms with van der Waals surface area (Å²) in [6, 6.07) is 35.6. The van der Waals surface area contributed by atoms with E-state index in [1.165, 1.54) is 79.7 Å². The zero-order chi connectivity index (χ0) is 28.5. The number of benzene rings is 5. The van der Waals surface area contributed by atoms with Crippen LogP contribution in [0.2, 0.25) is 0 Å². The molecule has 0 saturated heterocycles. The summed E-state index contributed by atoms with van der Waals surface area (Å²) in [4.78, 5) is 10.2. The van der Waals surface area contributed by atoms with Crippen LogP contribution in [-0.2, 0) is 0 Å². The molecule has 6 aromatic heterocycles. The Morgan fingerprint density at radius 3 is 1.27 bits per heavy atom. The van der Waals surface area contributed by atoms with Crippen LogP contribution < -0.4 is 0 Å². The van der Waals surface area contributed by atoms with Crippen LogP contribution in [0.4, 0.5) is 0 Å². The topological polar surface area (TPSA) is 25.8 Å². The van der Waals surface area contributed by atoms with Gasteiger partial charge in [0.2, 0.25) is 0 Å². The molecule has 0 saturated carbocycles. The molecule has 0 aliphatic carbocycles. The predicted octanol–water partition coefficient (Wildman–Crippen LogP) is 13.4. The predicted molar refractivity (Wildman–Crippen MR) is 200 cm³/mol. The minimum absolute atomic E-state index is 1.02. The van der Waals surface area contributed by atoms with Crippen molar-refractivity contribution >= 4 is 148 Å². The Kier molecular flexibility index (Phi) is 4.97. The number of nitrogens with zero attached hydrogens (tertiary/aromatic N) is 2. The zero-order valence-corrected chi connectivity index (χ0v) is 27.5. The summed E-state index contributed by atoms with van der Waals surface area (Å²) in [5.41, 5.74) is 4.42. The van der Waals surface area contributed by atoms with Gasteiger partial charge in [0, 0.05) is 51.5 Å². The molecule has 0 atom stereocenters. The maximum atomic E-state index is 5.09. The molecule has 0 amide bonds. The highest BCUT2D eigenvalue weighted by molar-refractivity contribution is 7.37. The van der Waals surface area contributed by atoms with E-state index in [-0.39, 0.29) is 0 Å². The lowest BCUT2D eigenvalue weighted by Gasteiger charge is -1.97. The molecule has 0 radical (unpaired) electrons. The van der Waals surface area contributed by atoms with E-state index in [1.807, 2.05) is 45.3 Å². The van der Waals surface area contributed by atoms with Crippen molar-refractivity contribution in [3.05, 3.63) is 97.1 Å². The summed E-state index contributed by atoms with van der Waals surface area (Å²) >= 11 is 11.1. The SMILES string of the molecule is c1ccc2c(c1)sc1c3ccc(-c4nc5cc6nc(-c7ccc8c(c7)sc7c9ccccc9sc87)sc6cc5s4)cc3sc21. The average Bonchev–Trinajstić information content (AvgIpc) is 3.88. The lowest BCUT2D eigenvalue weighted by atomic mass is 10.1. The largest absolute Gasteiger partial charge is 0.236 e. The van der Waals surface area contributed by atoms with Crippen molar-refractivity contribution in [1.29, 1.82) is 0 Å². The van der Waals surface area contributed by atoms with E-state index in [9.17, 15) is 0 Å². The van der Waals surface area contributed by atoms with E-state index in [0.29, 0.717) is 0 Å². The molecule has 6 heterocycles. The fourth-order valence-electron chi connectivity index (χ4n) is 6.27. The van der Waals surface area contributed by atoms with Gasteiger partial charge >= 0.3 is 0 Å². The van der Waals surface area contributed by atoms with Crippen LogP contribution in [0.5, 0.6) is 0 Å². The van der Waals surface area contributed by atoms with Gasteiger partial charge in [-0.3, -0.25) is 0 Å². The third-order valence-corrected chi connectivity index (χ3v) is 15.5. The van der Waals surface area contributed by atoms with Gasteiger partial charge in [-0.1, -0.05) is 60.7 Å². The summed E-state index contributed by atoms with van der Waals surface area (Å²) < 4.78 is 13.4. The molecule has 0 bridgehead atoms. The number of thiophene rings is 4. The highest BCUT2D eigenvalue weighted by Gasteiger charge is 2.17. The fraction of sp³-hybridized carbons (Fsp3) is 0. The third-order valence-electron chi connectivity index (χ3n) is 8.37. The van der Waals surface area contributed by atoms with Gasteiger partial charge in [0.05, 0.1) is 39.2 Å². The smallest absolute Gasteiger partial charge is 0.124 e. The van der Waals surface area contributed by atoms with Crippen molar-refractivity contribution < 1.29 is 0 Å². The van der Waals surface area contributed by atoms with Crippen molar-refractivity contribution in [2.45, 2.75) is 0 Å². The second kappa shape index (κ2) is 8.91. The van der Waals surface area contributed by atoms with E-state index in [2.05, 4.69) is 97.1 Å². The number of fused-ring (bicyclic) bond motifs is 12. The maximum absolute atomic E-state index is 5.09. The van der Waals surface area contributed by atoms with Gasteiger partial charge in [-0.25, -0.2) is 9.97 Å². The Bertz CT molecular complexity index is 2710. The molecule has 11 rings (SSSR count). The van der Waals surface area contributed by atoms with E-state index >= 15 is 0 Å². The molecule has 0 fully saturated rings. The standard InChI is InChI=1S/C36H16N2S6/c1-3-7-25-19(5-1)31-33(39-25)21-11-9-17(13-27(21)41-31)35-37-23-15-24-30(16-29(23)43-35)44-36(38-24)18-10-12-22-28(14-18)42-32-20-6-2-4-8-26(20)40-34(22)32/h1-16H. The number of hydrogen-bond acceptors (Lipinski definition) is 8. The van der Waals surface area contributed by atoms with Gasteiger partial charge in [0.15, 0.2) is 0 Å². The molecular weight excluding hydrogens is 653 g/mol. The first-order chi connectivity index (χ1) is 21.7. The van der Waals surface area contributed by atoms with Crippen LogP contribution in [0, 0.1) is 0 Å². The second-order valence-electron chi connectivity index (χ2n) is 11.0. The van der Waals surface area contributed by atoms with Crippen LogP contribution in [0.25, 0.3) is 101 Å². The van der Waals surface area contributed by atoms with E-state index < -0.39 is 0 Å². The molecule has 0 unspecified atom stereocenters. The highest BCUT2D eigenvalue weighted by atomic mass is 32.1. The lowest BCUT2D eigenvalue weighted by Crippen LogP contribution is -1.76. The average molecular weight is 669 g/mol. The number of hydrogen-bond donors (Lipinski definition) is 0. The molecule has 11 aromatic rings. The number of aromatic nitrogens is 2. The second-order valence-corrected chi connectivity index (χ2v) is 17.2. The Labute approximate surface area is 273 Å². The molecule has 5 aromatic carbocycles. The van der Waals surface area contributed by atoms with Gasteiger partial charge in [-0.15, -0.1) is 68.0 Å². The van der Waals surface area contributed by atoms with Gasteiger partial charge in [0.25, 0.3) is 0 Å². The quantitative estimate of drug-likeness (QED) is 0.183. The first kappa shape index (κ1) is 24.5. The molecule has 8 heteroatoms. The molecular formula is C36H16N2S6. The fourth-order valence-corrected chi connectivity index (χ4v) is 13.7. The van der Waals surface area contributed by atoms with Gasteiger partial charge in [0.1, 0.15) is 10.0 Å². The number of thiazole rings is 2. The molecule has 0 spiro atoms. The van der Waals surface area contributed by atoms with Gasteiger partial charge in [-0.2, -0.15) is 0 Å². The monoisotopic (exact) mass is 668 g/mol. The van der Waals surface area contributed by atoms with Crippen molar-refractivity contribution in [2.75, 3.05) is 0 Å². The van der Waals surface area contributed by atoms with Crippen molar-refractivity contribution in [3.63, 3.8) is 0 Å².